The first kappa shape index (κ1) is 23.7. The Hall–Kier alpha value is -2.99. The number of ether oxygens (including phenoxy) is 2. The highest BCUT2D eigenvalue weighted by molar-refractivity contribution is 6.30. The van der Waals surface area contributed by atoms with Crippen LogP contribution in [0.4, 0.5) is 0 Å². The lowest BCUT2D eigenvalue weighted by atomic mass is 9.85. The van der Waals surface area contributed by atoms with Crippen molar-refractivity contribution in [3.05, 3.63) is 93.6 Å². The Bertz CT molecular complexity index is 1360. The second-order valence-electron chi connectivity index (χ2n) is 9.07. The van der Waals surface area contributed by atoms with Crippen LogP contribution in [0, 0.1) is 0 Å². The molecule has 6 heteroatoms. The first-order valence-corrected chi connectivity index (χ1v) is 12.1. The Morgan fingerprint density at radius 2 is 1.86 bits per heavy atom. The molecule has 2 aliphatic heterocycles. The van der Waals surface area contributed by atoms with Gasteiger partial charge in [-0.1, -0.05) is 49.4 Å². The number of hydrogen-bond donors (Lipinski definition) is 1. The first-order chi connectivity index (χ1) is 16.7. The largest absolute Gasteiger partial charge is 0.493 e. The second kappa shape index (κ2) is 9.57. The molecular formula is C29H31ClN2O3. The molecule has 0 radical (unpaired) electrons. The summed E-state index contributed by atoms with van der Waals surface area (Å²) in [6.07, 6.45) is 1.88. The van der Waals surface area contributed by atoms with Crippen molar-refractivity contribution >= 4 is 22.5 Å². The number of nitrogens with zero attached hydrogens (tertiary/aromatic N) is 2. The standard InChI is InChI=1S/C28H27ClN2O3.CH4/c1-33-27-12-19-10-11-30-15-26-23(21-4-2-3-5-24(21)31(26)17-32)13-25(30)22(19)14-28(27)34-16-18-6-8-20(29)9-7-18;/h2-9,12,14,25,32H,10-11,13,15-17H2,1H3;1H4. The Labute approximate surface area is 211 Å². The van der Waals surface area contributed by atoms with Gasteiger partial charge in [0.1, 0.15) is 13.3 Å². The summed E-state index contributed by atoms with van der Waals surface area (Å²) < 4.78 is 14.0. The van der Waals surface area contributed by atoms with Crippen molar-refractivity contribution in [3.63, 3.8) is 0 Å². The molecule has 1 N–H and O–H groups in total. The van der Waals surface area contributed by atoms with Gasteiger partial charge >= 0.3 is 0 Å². The average Bonchev–Trinajstić information content (AvgIpc) is 3.19. The maximum atomic E-state index is 10.1. The van der Waals surface area contributed by atoms with E-state index in [0.29, 0.717) is 6.61 Å². The van der Waals surface area contributed by atoms with Crippen LogP contribution in [0.2, 0.25) is 5.02 Å². The number of aliphatic hydroxyl groups excluding tert-OH is 1. The minimum Gasteiger partial charge on any atom is -0.493 e. The van der Waals surface area contributed by atoms with E-state index in [9.17, 15) is 5.11 Å². The van der Waals surface area contributed by atoms with Gasteiger partial charge < -0.3 is 19.1 Å². The molecule has 1 aromatic heterocycles. The summed E-state index contributed by atoms with van der Waals surface area (Å²) in [5, 5.41) is 12.1. The van der Waals surface area contributed by atoms with E-state index in [4.69, 9.17) is 21.1 Å². The lowest BCUT2D eigenvalue weighted by molar-refractivity contribution is 0.145. The van der Waals surface area contributed by atoms with Gasteiger partial charge in [-0.2, -0.15) is 0 Å². The van der Waals surface area contributed by atoms with Crippen LogP contribution < -0.4 is 9.47 Å². The molecule has 35 heavy (non-hydrogen) atoms. The number of fused-ring (bicyclic) bond motifs is 6. The van der Waals surface area contributed by atoms with Crippen molar-refractivity contribution in [1.82, 2.24) is 9.47 Å². The van der Waals surface area contributed by atoms with Crippen molar-refractivity contribution in [2.45, 2.75) is 46.2 Å². The van der Waals surface area contributed by atoms with E-state index < -0.39 is 0 Å². The average molecular weight is 491 g/mol. The van der Waals surface area contributed by atoms with Crippen LogP contribution >= 0.6 is 11.6 Å². The van der Waals surface area contributed by atoms with Crippen molar-refractivity contribution in [2.24, 2.45) is 0 Å². The molecule has 3 heterocycles. The van der Waals surface area contributed by atoms with Gasteiger partial charge in [0.2, 0.25) is 0 Å². The van der Waals surface area contributed by atoms with Crippen LogP contribution in [-0.2, 0) is 32.7 Å². The van der Waals surface area contributed by atoms with Crippen LogP contribution in [0.3, 0.4) is 0 Å². The van der Waals surface area contributed by atoms with Gasteiger partial charge in [0, 0.05) is 35.2 Å². The maximum Gasteiger partial charge on any atom is 0.162 e. The molecule has 4 aromatic rings. The van der Waals surface area contributed by atoms with Crippen LogP contribution in [0.15, 0.2) is 60.7 Å². The number of benzene rings is 3. The molecule has 3 aromatic carbocycles. The zero-order valence-electron chi connectivity index (χ0n) is 19.1. The second-order valence-corrected chi connectivity index (χ2v) is 9.51. The highest BCUT2D eigenvalue weighted by atomic mass is 35.5. The topological polar surface area (TPSA) is 46.9 Å². The summed E-state index contributed by atoms with van der Waals surface area (Å²) in [6.45, 7) is 2.28. The van der Waals surface area contributed by atoms with Crippen LogP contribution in [-0.4, -0.2) is 28.2 Å². The molecule has 182 valence electrons. The zero-order chi connectivity index (χ0) is 23.2. The molecule has 2 aliphatic rings. The molecule has 0 aliphatic carbocycles. The Morgan fingerprint density at radius 1 is 1.06 bits per heavy atom. The molecule has 0 amide bonds. The molecule has 0 fully saturated rings. The number of para-hydroxylation sites is 1. The summed E-state index contributed by atoms with van der Waals surface area (Å²) in [5.41, 5.74) is 7.38. The number of aliphatic hydroxyl groups is 1. The lowest BCUT2D eigenvalue weighted by Crippen LogP contribution is -2.39. The quantitative estimate of drug-likeness (QED) is 0.366. The molecule has 0 bridgehead atoms. The molecule has 5 nitrogen and oxygen atoms in total. The van der Waals surface area contributed by atoms with Crippen molar-refractivity contribution in [2.75, 3.05) is 13.7 Å². The zero-order valence-corrected chi connectivity index (χ0v) is 19.9. The van der Waals surface area contributed by atoms with Crippen molar-refractivity contribution in [1.29, 1.82) is 0 Å². The number of methoxy groups -OCH3 is 1. The lowest BCUT2D eigenvalue weighted by Gasteiger charge is -2.41. The maximum absolute atomic E-state index is 10.1. The van der Waals surface area contributed by atoms with E-state index in [2.05, 4.69) is 39.8 Å². The molecule has 1 unspecified atom stereocenters. The van der Waals surface area contributed by atoms with Gasteiger partial charge in [-0.3, -0.25) is 4.90 Å². The number of halogens is 1. The van der Waals surface area contributed by atoms with Crippen LogP contribution in [0.25, 0.3) is 10.9 Å². The predicted octanol–water partition coefficient (Wildman–Crippen LogP) is 6.12. The Kier molecular flexibility index (Phi) is 6.49. The van der Waals surface area contributed by atoms with Gasteiger partial charge in [0.05, 0.1) is 12.6 Å². The smallest absolute Gasteiger partial charge is 0.162 e. The third-order valence-corrected chi connectivity index (χ3v) is 7.54. The molecular weight excluding hydrogens is 460 g/mol. The van der Waals surface area contributed by atoms with Gasteiger partial charge in [-0.25, -0.2) is 0 Å². The van der Waals surface area contributed by atoms with E-state index in [1.54, 1.807) is 7.11 Å². The van der Waals surface area contributed by atoms with Gasteiger partial charge in [-0.15, -0.1) is 0 Å². The highest BCUT2D eigenvalue weighted by Crippen LogP contribution is 2.44. The monoisotopic (exact) mass is 490 g/mol. The fourth-order valence-corrected chi connectivity index (χ4v) is 5.71. The van der Waals surface area contributed by atoms with Crippen molar-refractivity contribution < 1.29 is 14.6 Å². The minimum atomic E-state index is 0. The Balaban J connectivity index is 0.00000253. The SMILES string of the molecule is C.COc1cc2c(cc1OCc1ccc(Cl)cc1)C1Cc3c(n(CO)c4ccccc34)CN1CC2. The fourth-order valence-electron chi connectivity index (χ4n) is 5.59. The van der Waals surface area contributed by atoms with E-state index in [1.807, 2.05) is 30.3 Å². The molecule has 0 spiro atoms. The third kappa shape index (κ3) is 4.08. The highest BCUT2D eigenvalue weighted by Gasteiger charge is 2.35. The van der Waals surface area contributed by atoms with Gasteiger partial charge in [-0.05, 0) is 65.4 Å². The summed E-state index contributed by atoms with van der Waals surface area (Å²) in [5.74, 6) is 1.54. The number of rotatable bonds is 5. The number of aromatic nitrogens is 1. The number of hydrogen-bond acceptors (Lipinski definition) is 4. The summed E-state index contributed by atoms with van der Waals surface area (Å²) in [7, 11) is 1.70. The minimum absolute atomic E-state index is 0. The van der Waals surface area contributed by atoms with Crippen LogP contribution in [0.1, 0.15) is 41.4 Å². The molecule has 1 atom stereocenters. The third-order valence-electron chi connectivity index (χ3n) is 7.29. The summed E-state index contributed by atoms with van der Waals surface area (Å²) >= 11 is 6.02. The first-order valence-electron chi connectivity index (χ1n) is 11.7. The fraction of sp³-hybridized carbons (Fsp3) is 0.310. The van der Waals surface area contributed by atoms with Gasteiger partial charge in [0.15, 0.2) is 11.5 Å². The Morgan fingerprint density at radius 3 is 2.63 bits per heavy atom. The predicted molar refractivity (Wildman–Crippen MR) is 140 cm³/mol. The van der Waals surface area contributed by atoms with E-state index in [-0.39, 0.29) is 20.2 Å². The van der Waals surface area contributed by atoms with Gasteiger partial charge in [0.25, 0.3) is 0 Å². The van der Waals surface area contributed by atoms with E-state index in [1.165, 1.54) is 27.8 Å². The molecule has 0 saturated carbocycles. The van der Waals surface area contributed by atoms with E-state index in [0.717, 1.165) is 53.5 Å². The normalized spacial score (nSPS) is 16.7. The van der Waals surface area contributed by atoms with Crippen molar-refractivity contribution in [3.8, 4) is 11.5 Å². The van der Waals surface area contributed by atoms with Crippen LogP contribution in [0.5, 0.6) is 11.5 Å². The summed E-state index contributed by atoms with van der Waals surface area (Å²) in [6, 6.07) is 20.7. The van der Waals surface area contributed by atoms with E-state index >= 15 is 0 Å². The molecule has 6 rings (SSSR count). The molecule has 0 saturated heterocycles. The summed E-state index contributed by atoms with van der Waals surface area (Å²) in [4.78, 5) is 2.53.